The Morgan fingerprint density at radius 1 is 0.897 bits per heavy atom. The number of ether oxygens (including phenoxy) is 2. The van der Waals surface area contributed by atoms with E-state index in [1.807, 2.05) is 55.5 Å². The van der Waals surface area contributed by atoms with E-state index in [4.69, 9.17) is 9.47 Å². The minimum absolute atomic E-state index is 0.165. The van der Waals surface area contributed by atoms with Crippen LogP contribution in [0, 0.1) is 0 Å². The second-order valence-corrected chi connectivity index (χ2v) is 6.58. The zero-order chi connectivity index (χ0) is 20.6. The maximum absolute atomic E-state index is 13.1. The normalized spacial score (nSPS) is 10.9. The molecule has 2 aromatic carbocycles. The van der Waals surface area contributed by atoms with Gasteiger partial charge in [0.1, 0.15) is 6.61 Å². The van der Waals surface area contributed by atoms with E-state index in [0.717, 1.165) is 18.4 Å². The van der Waals surface area contributed by atoms with Gasteiger partial charge in [-0.3, -0.25) is 4.79 Å². The number of hydrogen-bond acceptors (Lipinski definition) is 5. The molecule has 0 saturated carbocycles. The predicted octanol–water partition coefficient (Wildman–Crippen LogP) is 4.17. The number of aromatic nitrogens is 3. The summed E-state index contributed by atoms with van der Waals surface area (Å²) in [5.74, 6) is 0.220. The summed E-state index contributed by atoms with van der Waals surface area (Å²) in [5, 5.41) is 4.32. The van der Waals surface area contributed by atoms with Crippen molar-refractivity contribution in [1.82, 2.24) is 14.8 Å². The zero-order valence-corrected chi connectivity index (χ0v) is 17.2. The molecular formula is C23H27N3O3. The first-order valence-electron chi connectivity index (χ1n) is 10.1. The number of hydrogen-bond donors (Lipinski definition) is 0. The third-order valence-corrected chi connectivity index (χ3v) is 4.67. The third-order valence-electron chi connectivity index (χ3n) is 4.67. The topological polar surface area (TPSA) is 66.2 Å². The summed E-state index contributed by atoms with van der Waals surface area (Å²) in [6.45, 7) is 7.49. The monoisotopic (exact) mass is 393 g/mol. The molecule has 0 radical (unpaired) electrons. The number of carbonyl (C=O) groups excluding carboxylic acids is 1. The standard InChI is InChI=1S/C23H27N3O3/c1-4-17-7-11-19(12-8-17)21-24-23(29-16-15-28-6-3)25-26(21)22(27)20-13-9-18(5-2)10-14-20/h7-14H,4-6,15-16H2,1-3H3. The van der Waals surface area contributed by atoms with Gasteiger partial charge >= 0.3 is 6.01 Å². The van der Waals surface area contributed by atoms with E-state index >= 15 is 0 Å². The van der Waals surface area contributed by atoms with E-state index < -0.39 is 0 Å². The molecule has 6 heteroatoms. The summed E-state index contributed by atoms with van der Waals surface area (Å²) < 4.78 is 12.2. The van der Waals surface area contributed by atoms with Crippen molar-refractivity contribution >= 4 is 5.91 Å². The molecule has 0 unspecified atom stereocenters. The van der Waals surface area contributed by atoms with Crippen LogP contribution in [-0.2, 0) is 17.6 Å². The Morgan fingerprint density at radius 2 is 1.52 bits per heavy atom. The lowest BCUT2D eigenvalue weighted by molar-refractivity contribution is 0.0938. The van der Waals surface area contributed by atoms with E-state index in [1.165, 1.54) is 15.8 Å². The summed E-state index contributed by atoms with van der Waals surface area (Å²) >= 11 is 0. The number of carbonyl (C=O) groups is 1. The van der Waals surface area contributed by atoms with Crippen LogP contribution in [0.25, 0.3) is 11.4 Å². The summed E-state index contributed by atoms with van der Waals surface area (Å²) in [4.78, 5) is 17.6. The molecule has 3 rings (SSSR count). The lowest BCUT2D eigenvalue weighted by atomic mass is 10.1. The Kier molecular flexibility index (Phi) is 7.14. The molecule has 1 aromatic heterocycles. The molecule has 0 aliphatic heterocycles. The van der Waals surface area contributed by atoms with Crippen molar-refractivity contribution in [1.29, 1.82) is 0 Å². The second-order valence-electron chi connectivity index (χ2n) is 6.58. The molecule has 0 aliphatic carbocycles. The van der Waals surface area contributed by atoms with Gasteiger partial charge in [0.15, 0.2) is 5.82 Å². The van der Waals surface area contributed by atoms with E-state index in [1.54, 1.807) is 0 Å². The highest BCUT2D eigenvalue weighted by Crippen LogP contribution is 2.22. The molecular weight excluding hydrogens is 366 g/mol. The van der Waals surface area contributed by atoms with Crippen LogP contribution in [0.3, 0.4) is 0 Å². The van der Waals surface area contributed by atoms with Crippen LogP contribution in [0.2, 0.25) is 0 Å². The van der Waals surface area contributed by atoms with Crippen LogP contribution in [0.15, 0.2) is 48.5 Å². The van der Waals surface area contributed by atoms with Gasteiger partial charge in [0.05, 0.1) is 6.61 Å². The summed E-state index contributed by atoms with van der Waals surface area (Å²) in [5.41, 5.74) is 3.76. The van der Waals surface area contributed by atoms with Crippen LogP contribution in [0.1, 0.15) is 42.3 Å². The first-order chi connectivity index (χ1) is 14.2. The van der Waals surface area contributed by atoms with Crippen molar-refractivity contribution in [3.63, 3.8) is 0 Å². The van der Waals surface area contributed by atoms with Gasteiger partial charge in [0, 0.05) is 17.7 Å². The van der Waals surface area contributed by atoms with Gasteiger partial charge in [-0.15, -0.1) is 5.10 Å². The van der Waals surface area contributed by atoms with Gasteiger partial charge in [-0.1, -0.05) is 50.2 Å². The Labute approximate surface area is 171 Å². The number of benzene rings is 2. The first-order valence-corrected chi connectivity index (χ1v) is 10.1. The molecule has 0 bridgehead atoms. The summed E-state index contributed by atoms with van der Waals surface area (Å²) in [7, 11) is 0. The van der Waals surface area contributed by atoms with E-state index in [9.17, 15) is 4.79 Å². The minimum Gasteiger partial charge on any atom is -0.460 e. The van der Waals surface area contributed by atoms with Crippen LogP contribution in [0.5, 0.6) is 6.01 Å². The zero-order valence-electron chi connectivity index (χ0n) is 17.2. The van der Waals surface area contributed by atoms with Crippen molar-refractivity contribution in [3.05, 3.63) is 65.2 Å². The van der Waals surface area contributed by atoms with Crippen LogP contribution in [0.4, 0.5) is 0 Å². The number of aryl methyl sites for hydroxylation is 2. The fraction of sp³-hybridized carbons (Fsp3) is 0.348. The lowest BCUT2D eigenvalue weighted by Crippen LogP contribution is -2.15. The molecule has 0 saturated heterocycles. The summed E-state index contributed by atoms with van der Waals surface area (Å²) in [6, 6.07) is 15.7. The molecule has 29 heavy (non-hydrogen) atoms. The van der Waals surface area contributed by atoms with Crippen molar-refractivity contribution in [2.75, 3.05) is 19.8 Å². The third kappa shape index (κ3) is 5.09. The van der Waals surface area contributed by atoms with E-state index in [2.05, 4.69) is 23.9 Å². The molecule has 0 spiro atoms. The van der Waals surface area contributed by atoms with Crippen LogP contribution in [-0.4, -0.2) is 40.5 Å². The van der Waals surface area contributed by atoms with Crippen molar-refractivity contribution in [2.45, 2.75) is 33.6 Å². The molecule has 152 valence electrons. The number of nitrogens with zero attached hydrogens (tertiary/aromatic N) is 3. The van der Waals surface area contributed by atoms with Crippen molar-refractivity contribution in [3.8, 4) is 17.4 Å². The molecule has 0 N–H and O–H groups in total. The van der Waals surface area contributed by atoms with Gasteiger partial charge in [0.25, 0.3) is 5.91 Å². The maximum Gasteiger partial charge on any atom is 0.336 e. The molecule has 3 aromatic rings. The average molecular weight is 393 g/mol. The Balaban J connectivity index is 1.93. The van der Waals surface area contributed by atoms with Gasteiger partial charge in [-0.05, 0) is 43.0 Å². The predicted molar refractivity (Wildman–Crippen MR) is 112 cm³/mol. The van der Waals surface area contributed by atoms with Crippen LogP contribution >= 0.6 is 0 Å². The Bertz CT molecular complexity index is 931. The molecule has 1 heterocycles. The smallest absolute Gasteiger partial charge is 0.336 e. The highest BCUT2D eigenvalue weighted by atomic mass is 16.5. The molecule has 0 atom stereocenters. The fourth-order valence-corrected chi connectivity index (χ4v) is 2.91. The minimum atomic E-state index is -0.241. The van der Waals surface area contributed by atoms with E-state index in [-0.39, 0.29) is 11.9 Å². The Hall–Kier alpha value is -2.99. The quantitative estimate of drug-likeness (QED) is 0.511. The SMILES string of the molecule is CCOCCOc1nc(-c2ccc(CC)cc2)n(C(=O)c2ccc(CC)cc2)n1. The molecule has 0 aliphatic rings. The average Bonchev–Trinajstić information content (AvgIpc) is 3.20. The number of rotatable bonds is 9. The summed E-state index contributed by atoms with van der Waals surface area (Å²) in [6.07, 6.45) is 1.87. The van der Waals surface area contributed by atoms with Gasteiger partial charge < -0.3 is 9.47 Å². The molecule has 0 fully saturated rings. The van der Waals surface area contributed by atoms with Gasteiger partial charge in [0.2, 0.25) is 0 Å². The second kappa shape index (κ2) is 9.98. The molecule has 6 nitrogen and oxygen atoms in total. The van der Waals surface area contributed by atoms with Gasteiger partial charge in [-0.2, -0.15) is 9.67 Å². The molecule has 0 amide bonds. The lowest BCUT2D eigenvalue weighted by Gasteiger charge is -2.06. The highest BCUT2D eigenvalue weighted by molar-refractivity contribution is 5.97. The van der Waals surface area contributed by atoms with Crippen molar-refractivity contribution < 1.29 is 14.3 Å². The van der Waals surface area contributed by atoms with Gasteiger partial charge in [-0.25, -0.2) is 0 Å². The van der Waals surface area contributed by atoms with E-state index in [0.29, 0.717) is 31.2 Å². The fourth-order valence-electron chi connectivity index (χ4n) is 2.91. The van der Waals surface area contributed by atoms with Crippen molar-refractivity contribution in [2.24, 2.45) is 0 Å². The Morgan fingerprint density at radius 3 is 2.10 bits per heavy atom. The maximum atomic E-state index is 13.1. The highest BCUT2D eigenvalue weighted by Gasteiger charge is 2.20. The largest absolute Gasteiger partial charge is 0.460 e. The first kappa shape index (κ1) is 20.7. The van der Waals surface area contributed by atoms with Crippen LogP contribution < -0.4 is 4.74 Å².